The quantitative estimate of drug-likeness (QED) is 0.616. The van der Waals surface area contributed by atoms with Crippen LogP contribution in [0.5, 0.6) is 0 Å². The van der Waals surface area contributed by atoms with Crippen molar-refractivity contribution in [2.75, 3.05) is 13.6 Å². The fraction of sp³-hybridized carbons (Fsp3) is 0.857. The van der Waals surface area contributed by atoms with Crippen molar-refractivity contribution in [1.82, 2.24) is 15.5 Å². The molecule has 1 aromatic rings. The van der Waals surface area contributed by atoms with Crippen LogP contribution in [0.2, 0.25) is 0 Å². The number of nitrogens with zero attached hydrogens (tertiary/aromatic N) is 2. The number of nitrogens with one attached hydrogen (secondary N) is 1. The highest BCUT2D eigenvalue weighted by Crippen LogP contribution is 2.09. The smallest absolute Gasteiger partial charge is 0.226 e. The van der Waals surface area contributed by atoms with Gasteiger partial charge in [0.1, 0.15) is 0 Å². The first-order valence-corrected chi connectivity index (χ1v) is 7.33. The number of rotatable bonds is 11. The van der Waals surface area contributed by atoms with Crippen molar-refractivity contribution in [2.24, 2.45) is 0 Å². The summed E-state index contributed by atoms with van der Waals surface area (Å²) >= 11 is 0. The summed E-state index contributed by atoms with van der Waals surface area (Å²) in [5.41, 5.74) is 0. The van der Waals surface area contributed by atoms with Crippen molar-refractivity contribution in [2.45, 2.75) is 64.7 Å². The Morgan fingerprint density at radius 3 is 2.44 bits per heavy atom. The molecule has 0 bridgehead atoms. The van der Waals surface area contributed by atoms with Gasteiger partial charge in [0.05, 0.1) is 0 Å². The lowest BCUT2D eigenvalue weighted by Crippen LogP contribution is -2.11. The zero-order valence-electron chi connectivity index (χ0n) is 11.9. The van der Waals surface area contributed by atoms with Gasteiger partial charge in [-0.25, -0.2) is 0 Å². The topological polar surface area (TPSA) is 51.0 Å². The van der Waals surface area contributed by atoms with E-state index < -0.39 is 0 Å². The molecule has 4 heteroatoms. The highest BCUT2D eigenvalue weighted by molar-refractivity contribution is 4.87. The monoisotopic (exact) mass is 253 g/mol. The molecule has 1 heterocycles. The first-order chi connectivity index (χ1) is 8.86. The van der Waals surface area contributed by atoms with E-state index in [2.05, 4.69) is 22.4 Å². The van der Waals surface area contributed by atoms with Gasteiger partial charge >= 0.3 is 0 Å². The molecule has 0 saturated carbocycles. The largest absolute Gasteiger partial charge is 0.339 e. The van der Waals surface area contributed by atoms with Crippen LogP contribution in [0.25, 0.3) is 0 Å². The van der Waals surface area contributed by atoms with E-state index in [0.717, 1.165) is 31.1 Å². The molecule has 0 aliphatic heterocycles. The summed E-state index contributed by atoms with van der Waals surface area (Å²) in [5.74, 6) is 1.62. The van der Waals surface area contributed by atoms with E-state index in [9.17, 15) is 0 Å². The molecule has 0 radical (unpaired) electrons. The zero-order valence-corrected chi connectivity index (χ0v) is 11.9. The van der Waals surface area contributed by atoms with E-state index in [1.165, 1.54) is 44.9 Å². The molecule has 0 amide bonds. The molecule has 0 aromatic carbocycles. The molecule has 0 unspecified atom stereocenters. The van der Waals surface area contributed by atoms with E-state index in [0.29, 0.717) is 0 Å². The Kier molecular flexibility index (Phi) is 8.47. The summed E-state index contributed by atoms with van der Waals surface area (Å²) in [6.07, 6.45) is 11.0. The van der Waals surface area contributed by atoms with Crippen molar-refractivity contribution in [3.05, 3.63) is 11.7 Å². The first kappa shape index (κ1) is 15.2. The van der Waals surface area contributed by atoms with Crippen molar-refractivity contribution < 1.29 is 4.52 Å². The molecule has 0 aliphatic rings. The van der Waals surface area contributed by atoms with Gasteiger partial charge in [-0.05, 0) is 13.5 Å². The fourth-order valence-corrected chi connectivity index (χ4v) is 1.96. The van der Waals surface area contributed by atoms with Crippen molar-refractivity contribution >= 4 is 0 Å². The standard InChI is InChI=1S/C14H27N3O/c1-3-4-5-6-7-8-9-10-14-16-13(17-18-14)11-12-15-2/h15H,3-12H2,1-2H3. The molecular weight excluding hydrogens is 226 g/mol. The summed E-state index contributed by atoms with van der Waals surface area (Å²) < 4.78 is 5.22. The molecular formula is C14H27N3O. The van der Waals surface area contributed by atoms with E-state index in [4.69, 9.17) is 4.52 Å². The molecule has 0 aliphatic carbocycles. The van der Waals surface area contributed by atoms with E-state index in [1.54, 1.807) is 0 Å². The van der Waals surface area contributed by atoms with Crippen molar-refractivity contribution in [3.8, 4) is 0 Å². The van der Waals surface area contributed by atoms with Crippen LogP contribution in [-0.2, 0) is 12.8 Å². The minimum Gasteiger partial charge on any atom is -0.339 e. The van der Waals surface area contributed by atoms with Crippen LogP contribution in [0, 0.1) is 0 Å². The van der Waals surface area contributed by atoms with Crippen LogP contribution in [-0.4, -0.2) is 23.7 Å². The van der Waals surface area contributed by atoms with Crippen LogP contribution >= 0.6 is 0 Å². The van der Waals surface area contributed by atoms with Crippen LogP contribution in [0.1, 0.15) is 63.6 Å². The molecule has 0 fully saturated rings. The third-order valence-corrected chi connectivity index (χ3v) is 3.10. The number of aryl methyl sites for hydroxylation is 1. The van der Waals surface area contributed by atoms with Gasteiger partial charge in [-0.15, -0.1) is 0 Å². The van der Waals surface area contributed by atoms with Crippen molar-refractivity contribution in [3.63, 3.8) is 0 Å². The van der Waals surface area contributed by atoms with E-state index in [-0.39, 0.29) is 0 Å². The fourth-order valence-electron chi connectivity index (χ4n) is 1.96. The third-order valence-electron chi connectivity index (χ3n) is 3.10. The molecule has 0 atom stereocenters. The van der Waals surface area contributed by atoms with Gasteiger partial charge in [0.15, 0.2) is 5.82 Å². The van der Waals surface area contributed by atoms with Gasteiger partial charge in [0, 0.05) is 19.4 Å². The molecule has 18 heavy (non-hydrogen) atoms. The zero-order chi connectivity index (χ0) is 13.1. The van der Waals surface area contributed by atoms with Crippen LogP contribution in [0.3, 0.4) is 0 Å². The normalized spacial score (nSPS) is 11.0. The minimum absolute atomic E-state index is 0.801. The molecule has 4 nitrogen and oxygen atoms in total. The molecule has 1 aromatic heterocycles. The molecule has 0 spiro atoms. The Bertz CT molecular complexity index is 299. The maximum absolute atomic E-state index is 5.22. The predicted octanol–water partition coefficient (Wildman–Crippen LogP) is 3.12. The van der Waals surface area contributed by atoms with Gasteiger partial charge in [-0.3, -0.25) is 0 Å². The molecule has 104 valence electrons. The number of aromatic nitrogens is 2. The van der Waals surface area contributed by atoms with E-state index >= 15 is 0 Å². The summed E-state index contributed by atoms with van der Waals surface area (Å²) in [4.78, 5) is 4.38. The highest BCUT2D eigenvalue weighted by Gasteiger charge is 2.05. The second-order valence-electron chi connectivity index (χ2n) is 4.83. The summed E-state index contributed by atoms with van der Waals surface area (Å²) in [6.45, 7) is 3.15. The number of hydrogen-bond donors (Lipinski definition) is 1. The Hall–Kier alpha value is -0.900. The van der Waals surface area contributed by atoms with Gasteiger partial charge in [0.25, 0.3) is 0 Å². The lowest BCUT2D eigenvalue weighted by molar-refractivity contribution is 0.368. The average molecular weight is 253 g/mol. The second-order valence-corrected chi connectivity index (χ2v) is 4.83. The van der Waals surface area contributed by atoms with Gasteiger partial charge < -0.3 is 9.84 Å². The van der Waals surface area contributed by atoms with Gasteiger partial charge in [-0.2, -0.15) is 4.98 Å². The van der Waals surface area contributed by atoms with E-state index in [1.807, 2.05) is 7.05 Å². The Balaban J connectivity index is 2.03. The Morgan fingerprint density at radius 1 is 1.00 bits per heavy atom. The lowest BCUT2D eigenvalue weighted by Gasteiger charge is -1.98. The first-order valence-electron chi connectivity index (χ1n) is 7.33. The Labute approximate surface area is 111 Å². The van der Waals surface area contributed by atoms with Crippen molar-refractivity contribution in [1.29, 1.82) is 0 Å². The SMILES string of the molecule is CCCCCCCCCc1nc(CCNC)no1. The summed E-state index contributed by atoms with van der Waals surface area (Å²) in [5, 5.41) is 7.05. The molecule has 1 rings (SSSR count). The second kappa shape index (κ2) is 10.1. The number of likely N-dealkylation sites (N-methyl/N-ethyl adjacent to an activating group) is 1. The maximum Gasteiger partial charge on any atom is 0.226 e. The molecule has 1 N–H and O–H groups in total. The minimum atomic E-state index is 0.801. The van der Waals surface area contributed by atoms with Crippen LogP contribution in [0.15, 0.2) is 4.52 Å². The summed E-state index contributed by atoms with van der Waals surface area (Å²) in [6, 6.07) is 0. The summed E-state index contributed by atoms with van der Waals surface area (Å²) in [7, 11) is 1.93. The van der Waals surface area contributed by atoms with Gasteiger partial charge in [-0.1, -0.05) is 50.6 Å². The third kappa shape index (κ3) is 6.74. The predicted molar refractivity (Wildman–Crippen MR) is 73.6 cm³/mol. The average Bonchev–Trinajstić information content (AvgIpc) is 2.83. The maximum atomic E-state index is 5.22. The number of unbranched alkanes of at least 4 members (excludes halogenated alkanes) is 6. The van der Waals surface area contributed by atoms with Crippen LogP contribution in [0.4, 0.5) is 0 Å². The Morgan fingerprint density at radius 2 is 1.72 bits per heavy atom. The van der Waals surface area contributed by atoms with Gasteiger partial charge in [0.2, 0.25) is 5.89 Å². The van der Waals surface area contributed by atoms with Crippen LogP contribution < -0.4 is 5.32 Å². The lowest BCUT2D eigenvalue weighted by atomic mass is 10.1. The highest BCUT2D eigenvalue weighted by atomic mass is 16.5. The number of hydrogen-bond acceptors (Lipinski definition) is 4. The molecule has 0 saturated heterocycles.